The number of carbonyl (C=O) groups is 1. The molecule has 0 saturated carbocycles. The Morgan fingerprint density at radius 1 is 0.600 bits per heavy atom. The van der Waals surface area contributed by atoms with Crippen molar-refractivity contribution in [1.29, 1.82) is 0 Å². The summed E-state index contributed by atoms with van der Waals surface area (Å²) in [5, 5.41) is 30.4. The minimum absolute atomic E-state index is 0. The van der Waals surface area contributed by atoms with Gasteiger partial charge in [0, 0.05) is 81.3 Å². The van der Waals surface area contributed by atoms with Crippen LogP contribution in [0, 0.1) is 6.92 Å². The number of aliphatic hydroxyl groups excluding tert-OH is 1. The second-order valence-electron chi connectivity index (χ2n) is 11.5. The number of anilines is 1. The number of azo groups is 2. The molecule has 1 amide bonds. The van der Waals surface area contributed by atoms with Crippen LogP contribution in [0.1, 0.15) is 21.5 Å². The van der Waals surface area contributed by atoms with Crippen molar-refractivity contribution in [2.75, 3.05) is 5.32 Å². The van der Waals surface area contributed by atoms with E-state index in [2.05, 4.69) is 30.8 Å². The molecular weight excluding hydrogens is 767 g/mol. The molecule has 0 aliphatic rings. The topological polar surface area (TPSA) is 220 Å². The number of aliphatic hydroxyl groups is 1. The minimum Gasteiger partial charge on any atom is -0.493 e. The van der Waals surface area contributed by atoms with Gasteiger partial charge in [-0.05, 0) is 121 Å². The Kier molecular flexibility index (Phi) is 14.5. The summed E-state index contributed by atoms with van der Waals surface area (Å²) >= 11 is 0. The quantitative estimate of drug-likeness (QED) is 0.0345. The Hall–Kier alpha value is -4.46. The largest absolute Gasteiger partial charge is 0.493 e. The Bertz CT molecular complexity index is 2680. The number of carbonyl (C=O) groups excluding carboxylic acids is 1. The molecule has 0 spiro atoms. The summed E-state index contributed by atoms with van der Waals surface area (Å²) in [5.74, 6) is -0.441. The summed E-state index contributed by atoms with van der Waals surface area (Å²) in [6.45, 7) is 1.83. The number of rotatable bonds is 10. The van der Waals surface area contributed by atoms with Crippen LogP contribution < -0.4 is 5.32 Å². The van der Waals surface area contributed by atoms with E-state index in [4.69, 9.17) is 0 Å². The second kappa shape index (κ2) is 18.4. The number of fused-ring (bicyclic) bond motifs is 1. The van der Waals surface area contributed by atoms with Crippen molar-refractivity contribution in [3.05, 3.63) is 144 Å². The van der Waals surface area contributed by atoms with Gasteiger partial charge in [0.15, 0.2) is 0 Å². The number of aliphatic imine (C=N–C) groups is 1. The predicted molar refractivity (Wildman–Crippen MR) is 211 cm³/mol. The van der Waals surface area contributed by atoms with E-state index in [0.29, 0.717) is 45.6 Å². The Morgan fingerprint density at radius 2 is 1.18 bits per heavy atom. The van der Waals surface area contributed by atoms with Crippen LogP contribution in [0.3, 0.4) is 0 Å². The van der Waals surface area contributed by atoms with E-state index in [1.165, 1.54) is 18.2 Å². The van der Waals surface area contributed by atoms with E-state index < -0.39 is 30.0 Å². The van der Waals surface area contributed by atoms with Gasteiger partial charge in [-0.1, -0.05) is 24.3 Å². The fraction of sp³-hybridized carbons (Fsp3) is 0.0270. The van der Waals surface area contributed by atoms with Gasteiger partial charge < -0.3 is 10.4 Å². The van der Waals surface area contributed by atoms with Crippen LogP contribution in [0.15, 0.2) is 163 Å². The molecule has 0 aliphatic carbocycles. The van der Waals surface area contributed by atoms with Crippen molar-refractivity contribution in [3.8, 4) is 0 Å². The molecule has 0 fully saturated rings. The number of aryl methyl sites for hydroxylation is 1. The maximum atomic E-state index is 12.4. The minimum atomic E-state index is -4.85. The number of amides is 1. The zero-order valence-corrected chi connectivity index (χ0v) is 35.2. The molecule has 0 heterocycles. The number of nitrogens with one attached hydrogen (secondary N) is 1. The number of hydrogen-bond donors (Lipinski definition) is 4. The third kappa shape index (κ3) is 11.3. The van der Waals surface area contributed by atoms with Crippen molar-refractivity contribution in [3.63, 3.8) is 0 Å². The van der Waals surface area contributed by atoms with Gasteiger partial charge in [0.25, 0.3) is 26.1 Å². The first-order valence-corrected chi connectivity index (χ1v) is 18.4. The van der Waals surface area contributed by atoms with Gasteiger partial charge in [0.05, 0.1) is 33.3 Å². The summed E-state index contributed by atoms with van der Waals surface area (Å²) in [7, 11) is -9.59. The summed E-state index contributed by atoms with van der Waals surface area (Å²) < 4.78 is 66.1. The molecule has 0 bridgehead atoms. The summed E-state index contributed by atoms with van der Waals surface area (Å²) in [6.07, 6.45) is 0. The molecule has 18 heteroatoms. The molecule has 55 heavy (non-hydrogen) atoms. The van der Waals surface area contributed by atoms with Crippen LogP contribution in [0.4, 0.5) is 34.1 Å². The van der Waals surface area contributed by atoms with Gasteiger partial charge in [-0.2, -0.15) is 37.3 Å². The molecule has 4 N–H and O–H groups in total. The summed E-state index contributed by atoms with van der Waals surface area (Å²) in [6, 6.07) is 33.1. The van der Waals surface area contributed by atoms with Gasteiger partial charge in [-0.3, -0.25) is 13.9 Å². The first kappa shape index (κ1) is 43.3. The van der Waals surface area contributed by atoms with Crippen LogP contribution in [0.5, 0.6) is 0 Å². The van der Waals surface area contributed by atoms with Crippen LogP contribution >= 0.6 is 0 Å². The summed E-state index contributed by atoms with van der Waals surface area (Å²) in [4.78, 5) is 15.3. The van der Waals surface area contributed by atoms with E-state index in [9.17, 15) is 35.8 Å². The average molecular weight is 795 g/mol. The van der Waals surface area contributed by atoms with Gasteiger partial charge in [-0.15, -0.1) is 0 Å². The molecule has 0 unspecified atom stereocenters. The van der Waals surface area contributed by atoms with Gasteiger partial charge in [0.1, 0.15) is 4.90 Å². The van der Waals surface area contributed by atoms with Crippen LogP contribution in [-0.2, 0) is 20.2 Å². The molecule has 0 aliphatic heterocycles. The zero-order chi connectivity index (χ0) is 37.8. The molecule has 268 valence electrons. The predicted octanol–water partition coefficient (Wildman–Crippen LogP) is 8.60. The second-order valence-corrected chi connectivity index (χ2v) is 14.3. The first-order chi connectivity index (χ1) is 25.2. The molecule has 0 atom stereocenters. The van der Waals surface area contributed by atoms with E-state index in [0.717, 1.165) is 11.6 Å². The van der Waals surface area contributed by atoms with Crippen molar-refractivity contribution in [2.45, 2.75) is 16.7 Å². The normalized spacial score (nSPS) is 12.0. The van der Waals surface area contributed by atoms with E-state index in [1.807, 2.05) is 13.0 Å². The summed E-state index contributed by atoms with van der Waals surface area (Å²) in [5.41, 5.74) is 4.57. The van der Waals surface area contributed by atoms with E-state index in [-0.39, 0.29) is 87.4 Å². The van der Waals surface area contributed by atoms with Gasteiger partial charge in [-0.25, -0.2) is 4.99 Å². The molecule has 0 aromatic heterocycles. The molecule has 0 saturated heterocycles. The monoisotopic (exact) mass is 794 g/mol. The Balaban J connectivity index is 0.00000336. The standard InChI is InChI=1S/C37H28N6O8S2.2Na/c1-23-19-30(39-37(45)25-7-10-27(11-8-25)38-36(44)24-5-3-2-4-6-24)17-18-34(23)43-41-29-15-13-28(14-16-29)40-42-31-12-9-26-20-32(52(46,47)48)22-35(33(26)21-31)53(49,50)51;;/h2-22H,1H3,(H,38,44)(H,39,45)(H,46,47,48)(H,49,50,51);;. The number of benzene rings is 6. The first-order valence-electron chi connectivity index (χ1n) is 15.5. The Labute approximate surface area is 360 Å². The number of nitrogens with zero attached hydrogens (tertiary/aromatic N) is 5. The van der Waals surface area contributed by atoms with Gasteiger partial charge in [0.2, 0.25) is 5.90 Å². The fourth-order valence-corrected chi connectivity index (χ4v) is 6.37. The van der Waals surface area contributed by atoms with Crippen LogP contribution in [-0.4, -0.2) is 102 Å². The van der Waals surface area contributed by atoms with Crippen LogP contribution in [0.2, 0.25) is 0 Å². The molecule has 6 rings (SSSR count). The van der Waals surface area contributed by atoms with E-state index >= 15 is 0 Å². The SMILES string of the molecule is Cc1cc(N=C(O)c2ccc(NC(=O)c3ccccc3)cc2)ccc1N=Nc1ccc(N=Nc2ccc3cc(S(=O)(=O)O)cc(S(=O)(=O)O)c3c2)cc1.[Na].[Na]. The van der Waals surface area contributed by atoms with Gasteiger partial charge >= 0.3 is 0 Å². The van der Waals surface area contributed by atoms with Crippen molar-refractivity contribution >= 4 is 136 Å². The van der Waals surface area contributed by atoms with Crippen molar-refractivity contribution < 1.29 is 35.8 Å². The maximum absolute atomic E-state index is 12.4. The molecular formula is C37H28N6Na2O8S2. The average Bonchev–Trinajstić information content (AvgIpc) is 3.13. The fourth-order valence-electron chi connectivity index (χ4n) is 5.03. The smallest absolute Gasteiger partial charge is 0.295 e. The van der Waals surface area contributed by atoms with E-state index in [1.54, 1.807) is 91.0 Å². The molecule has 14 nitrogen and oxygen atoms in total. The number of hydrogen-bond acceptors (Lipinski definition) is 10. The third-order valence-corrected chi connectivity index (χ3v) is 9.43. The van der Waals surface area contributed by atoms with Crippen LogP contribution in [0.25, 0.3) is 10.8 Å². The zero-order valence-electron chi connectivity index (χ0n) is 29.6. The third-order valence-electron chi connectivity index (χ3n) is 7.71. The molecule has 6 aromatic carbocycles. The maximum Gasteiger partial charge on any atom is 0.295 e. The molecule has 2 radical (unpaired) electrons. The van der Waals surface area contributed by atoms with Crippen molar-refractivity contribution in [1.82, 2.24) is 0 Å². The molecule has 6 aromatic rings. The Morgan fingerprint density at radius 3 is 1.78 bits per heavy atom. The van der Waals surface area contributed by atoms with Crippen molar-refractivity contribution in [2.24, 2.45) is 25.4 Å².